The predicted molar refractivity (Wildman–Crippen MR) is 111 cm³/mol. The molecule has 3 aromatic rings. The number of benzene rings is 3. The van der Waals surface area contributed by atoms with Crippen molar-refractivity contribution in [2.45, 2.75) is 13.0 Å². The Morgan fingerprint density at radius 2 is 1.34 bits per heavy atom. The van der Waals surface area contributed by atoms with E-state index in [-0.39, 0.29) is 11.3 Å². The van der Waals surface area contributed by atoms with Crippen LogP contribution in [0, 0.1) is 0 Å². The second kappa shape index (κ2) is 9.17. The standard InChI is InChI=1S/C23H18ClNO4/c1-15(22(27)25-20-13-11-19(24)12-14-20)29-23(28)18-9-7-17(8-10-18)21(26)16-5-3-2-4-6-16/h2-15H,1H3,(H,25,27)/t15-/m1/s1. The first kappa shape index (κ1) is 20.3. The van der Waals surface area contributed by atoms with Crippen LogP contribution in [0.2, 0.25) is 5.02 Å². The first-order valence-electron chi connectivity index (χ1n) is 8.91. The fraction of sp³-hybridized carbons (Fsp3) is 0.0870. The van der Waals surface area contributed by atoms with Crippen molar-refractivity contribution in [3.05, 3.63) is 101 Å². The molecule has 0 saturated heterocycles. The molecule has 0 fully saturated rings. The number of hydrogen-bond donors (Lipinski definition) is 1. The van der Waals surface area contributed by atoms with Gasteiger partial charge in [-0.2, -0.15) is 0 Å². The Balaban J connectivity index is 1.60. The van der Waals surface area contributed by atoms with Crippen LogP contribution in [0.25, 0.3) is 0 Å². The predicted octanol–water partition coefficient (Wildman–Crippen LogP) is 4.76. The van der Waals surface area contributed by atoms with Crippen molar-refractivity contribution in [3.63, 3.8) is 0 Å². The Morgan fingerprint density at radius 1 is 0.793 bits per heavy atom. The van der Waals surface area contributed by atoms with Gasteiger partial charge in [-0.3, -0.25) is 9.59 Å². The molecule has 0 aliphatic heterocycles. The van der Waals surface area contributed by atoms with Crippen LogP contribution in [0.1, 0.15) is 33.2 Å². The molecule has 0 saturated carbocycles. The molecule has 1 N–H and O–H groups in total. The Morgan fingerprint density at radius 3 is 1.97 bits per heavy atom. The van der Waals surface area contributed by atoms with Crippen LogP contribution in [0.15, 0.2) is 78.9 Å². The maximum absolute atomic E-state index is 12.4. The summed E-state index contributed by atoms with van der Waals surface area (Å²) < 4.78 is 5.22. The largest absolute Gasteiger partial charge is 0.449 e. The van der Waals surface area contributed by atoms with Gasteiger partial charge in [0.25, 0.3) is 5.91 Å². The van der Waals surface area contributed by atoms with Gasteiger partial charge in [-0.25, -0.2) is 4.79 Å². The summed E-state index contributed by atoms with van der Waals surface area (Å²) in [4.78, 5) is 36.9. The number of rotatable bonds is 6. The van der Waals surface area contributed by atoms with Gasteiger partial charge in [0.2, 0.25) is 0 Å². The molecule has 3 aromatic carbocycles. The van der Waals surface area contributed by atoms with Gasteiger partial charge in [0.15, 0.2) is 11.9 Å². The van der Waals surface area contributed by atoms with Crippen LogP contribution in [-0.4, -0.2) is 23.8 Å². The Bertz CT molecular complexity index is 1020. The number of amides is 1. The number of anilines is 1. The molecule has 1 atom stereocenters. The third-order valence-corrected chi connectivity index (χ3v) is 4.44. The lowest BCUT2D eigenvalue weighted by atomic mass is 10.0. The van der Waals surface area contributed by atoms with Gasteiger partial charge in [0.05, 0.1) is 5.56 Å². The van der Waals surface area contributed by atoms with E-state index in [0.717, 1.165) is 0 Å². The molecule has 3 rings (SSSR count). The van der Waals surface area contributed by atoms with Crippen molar-refractivity contribution in [3.8, 4) is 0 Å². The Labute approximate surface area is 173 Å². The van der Waals surface area contributed by atoms with Crippen LogP contribution in [0.5, 0.6) is 0 Å². The maximum Gasteiger partial charge on any atom is 0.338 e. The summed E-state index contributed by atoms with van der Waals surface area (Å²) in [5.41, 5.74) is 1.82. The zero-order chi connectivity index (χ0) is 20.8. The first-order chi connectivity index (χ1) is 13.9. The molecule has 0 spiro atoms. The van der Waals surface area contributed by atoms with Gasteiger partial charge in [-0.15, -0.1) is 0 Å². The molecule has 0 unspecified atom stereocenters. The molecule has 5 nitrogen and oxygen atoms in total. The minimum absolute atomic E-state index is 0.138. The second-order valence-electron chi connectivity index (χ2n) is 6.32. The molecular formula is C23H18ClNO4. The second-order valence-corrected chi connectivity index (χ2v) is 6.75. The van der Waals surface area contributed by atoms with Gasteiger partial charge in [-0.05, 0) is 43.3 Å². The summed E-state index contributed by atoms with van der Waals surface area (Å²) in [5.74, 6) is -1.25. The van der Waals surface area contributed by atoms with Crippen LogP contribution in [-0.2, 0) is 9.53 Å². The van der Waals surface area contributed by atoms with Crippen LogP contribution in [0.4, 0.5) is 5.69 Å². The molecule has 6 heteroatoms. The third-order valence-electron chi connectivity index (χ3n) is 4.18. The zero-order valence-electron chi connectivity index (χ0n) is 15.6. The zero-order valence-corrected chi connectivity index (χ0v) is 16.3. The summed E-state index contributed by atoms with van der Waals surface area (Å²) in [6.45, 7) is 1.48. The minimum Gasteiger partial charge on any atom is -0.449 e. The van der Waals surface area contributed by atoms with Gasteiger partial charge >= 0.3 is 5.97 Å². The summed E-state index contributed by atoms with van der Waals surface area (Å²) in [6.07, 6.45) is -0.996. The van der Waals surface area contributed by atoms with Crippen molar-refractivity contribution >= 4 is 34.9 Å². The van der Waals surface area contributed by atoms with Gasteiger partial charge in [0.1, 0.15) is 0 Å². The van der Waals surface area contributed by atoms with E-state index in [0.29, 0.717) is 21.8 Å². The molecule has 0 radical (unpaired) electrons. The number of carbonyl (C=O) groups is 3. The van der Waals surface area contributed by atoms with Crippen molar-refractivity contribution < 1.29 is 19.1 Å². The quantitative estimate of drug-likeness (QED) is 0.472. The van der Waals surface area contributed by atoms with Crippen molar-refractivity contribution in [1.29, 1.82) is 0 Å². The fourth-order valence-corrected chi connectivity index (χ4v) is 2.70. The highest BCUT2D eigenvalue weighted by Gasteiger charge is 2.19. The summed E-state index contributed by atoms with van der Waals surface area (Å²) >= 11 is 5.81. The number of halogens is 1. The molecule has 146 valence electrons. The van der Waals surface area contributed by atoms with Crippen LogP contribution in [0.3, 0.4) is 0 Å². The summed E-state index contributed by atoms with van der Waals surface area (Å²) in [6, 6.07) is 21.6. The van der Waals surface area contributed by atoms with Gasteiger partial charge in [0, 0.05) is 21.8 Å². The van der Waals surface area contributed by atoms with Crippen molar-refractivity contribution in [1.82, 2.24) is 0 Å². The molecule has 0 aromatic heterocycles. The number of hydrogen-bond acceptors (Lipinski definition) is 4. The first-order valence-corrected chi connectivity index (χ1v) is 9.29. The molecule has 0 aliphatic rings. The molecular weight excluding hydrogens is 390 g/mol. The highest BCUT2D eigenvalue weighted by atomic mass is 35.5. The van der Waals surface area contributed by atoms with E-state index in [1.54, 1.807) is 60.7 Å². The lowest BCUT2D eigenvalue weighted by Crippen LogP contribution is -2.30. The van der Waals surface area contributed by atoms with Crippen molar-refractivity contribution in [2.75, 3.05) is 5.32 Å². The van der Waals surface area contributed by atoms with E-state index in [2.05, 4.69) is 5.32 Å². The number of esters is 1. The van der Waals surface area contributed by atoms with Gasteiger partial charge in [-0.1, -0.05) is 54.1 Å². The average molecular weight is 408 g/mol. The highest BCUT2D eigenvalue weighted by Crippen LogP contribution is 2.15. The fourth-order valence-electron chi connectivity index (χ4n) is 2.57. The maximum atomic E-state index is 12.4. The van der Waals surface area contributed by atoms with E-state index in [1.807, 2.05) is 6.07 Å². The van der Waals surface area contributed by atoms with E-state index in [1.165, 1.54) is 19.1 Å². The lowest BCUT2D eigenvalue weighted by molar-refractivity contribution is -0.123. The number of nitrogens with one attached hydrogen (secondary N) is 1. The van der Waals surface area contributed by atoms with Crippen LogP contribution >= 0.6 is 11.6 Å². The Kier molecular flexibility index (Phi) is 6.42. The van der Waals surface area contributed by atoms with Crippen molar-refractivity contribution in [2.24, 2.45) is 0 Å². The monoisotopic (exact) mass is 407 g/mol. The molecule has 0 bridgehead atoms. The number of carbonyl (C=O) groups excluding carboxylic acids is 3. The van der Waals surface area contributed by atoms with E-state index >= 15 is 0 Å². The highest BCUT2D eigenvalue weighted by molar-refractivity contribution is 6.30. The number of ketones is 1. The third kappa shape index (κ3) is 5.30. The molecule has 0 aliphatic carbocycles. The average Bonchev–Trinajstić information content (AvgIpc) is 2.75. The normalized spacial score (nSPS) is 11.4. The SMILES string of the molecule is C[C@@H](OC(=O)c1ccc(C(=O)c2ccccc2)cc1)C(=O)Nc1ccc(Cl)cc1. The summed E-state index contributed by atoms with van der Waals surface area (Å²) in [7, 11) is 0. The molecule has 1 amide bonds. The van der Waals surface area contributed by atoms with Gasteiger partial charge < -0.3 is 10.1 Å². The van der Waals surface area contributed by atoms with E-state index in [4.69, 9.17) is 16.3 Å². The lowest BCUT2D eigenvalue weighted by Gasteiger charge is -2.14. The number of ether oxygens (including phenoxy) is 1. The minimum atomic E-state index is -0.996. The summed E-state index contributed by atoms with van der Waals surface area (Å²) in [5, 5.41) is 3.20. The molecule has 29 heavy (non-hydrogen) atoms. The Hall–Kier alpha value is -3.44. The molecule has 0 heterocycles. The van der Waals surface area contributed by atoms with Crippen LogP contribution < -0.4 is 5.32 Å². The topological polar surface area (TPSA) is 72.5 Å². The van der Waals surface area contributed by atoms with E-state index in [9.17, 15) is 14.4 Å². The van der Waals surface area contributed by atoms with E-state index < -0.39 is 18.0 Å². The smallest absolute Gasteiger partial charge is 0.338 e.